The lowest BCUT2D eigenvalue weighted by molar-refractivity contribution is -0.128. The van der Waals surface area contributed by atoms with Gasteiger partial charge in [-0.15, -0.1) is 0 Å². The molecule has 4 heterocycles. The topological polar surface area (TPSA) is 63.9 Å². The zero-order chi connectivity index (χ0) is 17.1. The van der Waals surface area contributed by atoms with Crippen LogP contribution in [0.15, 0.2) is 36.7 Å². The second kappa shape index (κ2) is 5.12. The number of aryl methyl sites for hydroxylation is 1. The van der Waals surface area contributed by atoms with E-state index in [-0.39, 0.29) is 5.91 Å². The highest BCUT2D eigenvalue weighted by Crippen LogP contribution is 2.56. The molecule has 25 heavy (non-hydrogen) atoms. The average Bonchev–Trinajstić information content (AvgIpc) is 2.96. The van der Waals surface area contributed by atoms with Crippen LogP contribution in [0.2, 0.25) is 0 Å². The first-order valence-electron chi connectivity index (χ1n) is 8.65. The number of piperidine rings is 1. The summed E-state index contributed by atoms with van der Waals surface area (Å²) in [6.45, 7) is 5.41. The minimum absolute atomic E-state index is 0.177. The Bertz CT molecular complexity index is 968. The number of hydrogen-bond donors (Lipinski definition) is 0. The van der Waals surface area contributed by atoms with Crippen molar-refractivity contribution >= 4 is 17.1 Å². The molecule has 6 nitrogen and oxygen atoms in total. The van der Waals surface area contributed by atoms with Gasteiger partial charge in [-0.1, -0.05) is 0 Å². The van der Waals surface area contributed by atoms with Crippen molar-refractivity contribution in [2.24, 2.45) is 11.8 Å². The first-order valence-corrected chi connectivity index (χ1v) is 8.65. The average molecular weight is 333 g/mol. The molecule has 2 fully saturated rings. The molecular weight excluding hydrogens is 314 g/mol. The lowest BCUT2D eigenvalue weighted by atomic mass is 10.2. The molecule has 2 aliphatic rings. The zero-order valence-electron chi connectivity index (χ0n) is 14.3. The van der Waals surface area contributed by atoms with Gasteiger partial charge in [0.05, 0.1) is 5.69 Å². The summed E-state index contributed by atoms with van der Waals surface area (Å²) in [6, 6.07) is 8.42. The molecule has 2 unspecified atom stereocenters. The predicted octanol–water partition coefficient (Wildman–Crippen LogP) is 2.45. The molecule has 0 N–H and O–H groups in total. The molecule has 6 heteroatoms. The first-order chi connectivity index (χ1) is 12.1. The molecule has 1 aliphatic heterocycles. The van der Waals surface area contributed by atoms with Crippen LogP contribution >= 0.6 is 0 Å². The highest BCUT2D eigenvalue weighted by molar-refractivity contribution is 5.77. The third kappa shape index (κ3) is 2.17. The van der Waals surface area contributed by atoms with Gasteiger partial charge in [0.15, 0.2) is 5.65 Å². The van der Waals surface area contributed by atoms with E-state index in [1.165, 1.54) is 0 Å². The van der Waals surface area contributed by atoms with Crippen molar-refractivity contribution in [2.45, 2.75) is 19.9 Å². The van der Waals surface area contributed by atoms with Gasteiger partial charge in [0.2, 0.25) is 5.91 Å². The molecule has 1 aliphatic carbocycles. The molecule has 126 valence electrons. The van der Waals surface area contributed by atoms with Gasteiger partial charge < -0.3 is 9.47 Å². The Balaban J connectivity index is 1.54. The zero-order valence-corrected chi connectivity index (χ0v) is 14.3. The molecule has 1 saturated heterocycles. The van der Waals surface area contributed by atoms with Gasteiger partial charge in [0, 0.05) is 55.8 Å². The number of likely N-dealkylation sites (tertiary alicyclic amines) is 1. The van der Waals surface area contributed by atoms with Crippen LogP contribution in [0.3, 0.4) is 0 Å². The van der Waals surface area contributed by atoms with Crippen molar-refractivity contribution < 1.29 is 4.79 Å². The number of fused-ring (bicyclic) bond motifs is 2. The second-order valence-electron chi connectivity index (χ2n) is 7.05. The summed E-state index contributed by atoms with van der Waals surface area (Å²) >= 11 is 0. The first kappa shape index (κ1) is 14.6. The van der Waals surface area contributed by atoms with Crippen LogP contribution in [0.4, 0.5) is 0 Å². The Morgan fingerprint density at radius 1 is 1.08 bits per heavy atom. The standard InChI is InChI=1S/C19H19N5O/c1-11-21-17-4-3-16(13-5-7-20-8-6-13)22-19(17)24(11)18-14-9-23(12(2)25)10-15(14)18/h3-8,14-15,18H,9-10H2,1-2H3. The summed E-state index contributed by atoms with van der Waals surface area (Å²) in [7, 11) is 0. The molecular formula is C19H19N5O. The molecule has 0 radical (unpaired) electrons. The van der Waals surface area contributed by atoms with Crippen LogP contribution < -0.4 is 0 Å². The van der Waals surface area contributed by atoms with Gasteiger partial charge in [0.25, 0.3) is 0 Å². The summed E-state index contributed by atoms with van der Waals surface area (Å²) in [4.78, 5) is 27.2. The Labute approximate surface area is 145 Å². The van der Waals surface area contributed by atoms with Crippen molar-refractivity contribution in [1.29, 1.82) is 0 Å². The summed E-state index contributed by atoms with van der Waals surface area (Å²) < 4.78 is 2.28. The van der Waals surface area contributed by atoms with Crippen LogP contribution in [-0.2, 0) is 4.79 Å². The fourth-order valence-corrected chi connectivity index (χ4v) is 4.26. The molecule has 1 amide bonds. The summed E-state index contributed by atoms with van der Waals surface area (Å²) in [5, 5.41) is 0. The lowest BCUT2D eigenvalue weighted by Gasteiger charge is -2.19. The Hall–Kier alpha value is -2.76. The maximum Gasteiger partial charge on any atom is 0.219 e. The molecule has 1 saturated carbocycles. The van der Waals surface area contributed by atoms with Gasteiger partial charge in [-0.25, -0.2) is 9.97 Å². The smallest absolute Gasteiger partial charge is 0.219 e. The van der Waals surface area contributed by atoms with Crippen LogP contribution in [0, 0.1) is 18.8 Å². The third-order valence-electron chi connectivity index (χ3n) is 5.58. The van der Waals surface area contributed by atoms with Gasteiger partial charge >= 0.3 is 0 Å². The molecule has 5 rings (SSSR count). The lowest BCUT2D eigenvalue weighted by Crippen LogP contribution is -2.29. The maximum absolute atomic E-state index is 11.6. The minimum Gasteiger partial charge on any atom is -0.342 e. The molecule has 0 aromatic carbocycles. The Morgan fingerprint density at radius 3 is 2.48 bits per heavy atom. The summed E-state index contributed by atoms with van der Waals surface area (Å²) in [6.07, 6.45) is 3.57. The van der Waals surface area contributed by atoms with E-state index in [0.717, 1.165) is 41.3 Å². The Morgan fingerprint density at radius 2 is 1.80 bits per heavy atom. The van der Waals surface area contributed by atoms with Crippen molar-refractivity contribution in [3.63, 3.8) is 0 Å². The van der Waals surface area contributed by atoms with E-state index in [1.807, 2.05) is 36.1 Å². The van der Waals surface area contributed by atoms with Crippen molar-refractivity contribution in [3.05, 3.63) is 42.5 Å². The van der Waals surface area contributed by atoms with E-state index in [2.05, 4.69) is 9.55 Å². The van der Waals surface area contributed by atoms with E-state index in [1.54, 1.807) is 19.3 Å². The fraction of sp³-hybridized carbons (Fsp3) is 0.368. The molecule has 3 aromatic heterocycles. The van der Waals surface area contributed by atoms with Crippen LogP contribution in [-0.4, -0.2) is 43.4 Å². The number of aromatic nitrogens is 4. The van der Waals surface area contributed by atoms with E-state index < -0.39 is 0 Å². The SMILES string of the molecule is CC(=O)N1CC2C(C1)C2n1c(C)nc2ccc(-c3ccncc3)nc21. The largest absolute Gasteiger partial charge is 0.342 e. The van der Waals surface area contributed by atoms with Crippen LogP contribution in [0.1, 0.15) is 18.8 Å². The summed E-state index contributed by atoms with van der Waals surface area (Å²) in [5.41, 5.74) is 3.87. The number of hydrogen-bond acceptors (Lipinski definition) is 4. The number of carbonyl (C=O) groups is 1. The van der Waals surface area contributed by atoms with E-state index >= 15 is 0 Å². The number of pyridine rings is 2. The van der Waals surface area contributed by atoms with Crippen LogP contribution in [0.5, 0.6) is 0 Å². The van der Waals surface area contributed by atoms with Gasteiger partial charge in [0.1, 0.15) is 11.3 Å². The van der Waals surface area contributed by atoms with E-state index in [9.17, 15) is 4.79 Å². The number of amides is 1. The third-order valence-corrected chi connectivity index (χ3v) is 5.58. The van der Waals surface area contributed by atoms with Crippen molar-refractivity contribution in [3.8, 4) is 11.3 Å². The van der Waals surface area contributed by atoms with Crippen molar-refractivity contribution in [1.82, 2.24) is 24.4 Å². The summed E-state index contributed by atoms with van der Waals surface area (Å²) in [5.74, 6) is 2.25. The molecule has 0 spiro atoms. The van der Waals surface area contributed by atoms with E-state index in [4.69, 9.17) is 9.97 Å². The number of nitrogens with zero attached hydrogens (tertiary/aromatic N) is 5. The maximum atomic E-state index is 11.6. The van der Waals surface area contributed by atoms with Gasteiger partial charge in [-0.3, -0.25) is 9.78 Å². The monoisotopic (exact) mass is 333 g/mol. The highest BCUT2D eigenvalue weighted by Gasteiger charge is 2.58. The normalized spacial score (nSPS) is 24.6. The molecule has 3 aromatic rings. The van der Waals surface area contributed by atoms with Gasteiger partial charge in [-0.05, 0) is 31.2 Å². The van der Waals surface area contributed by atoms with Crippen LogP contribution in [0.25, 0.3) is 22.4 Å². The number of carbonyl (C=O) groups excluding carboxylic acids is 1. The minimum atomic E-state index is 0.177. The molecule has 0 bridgehead atoms. The number of rotatable bonds is 2. The predicted molar refractivity (Wildman–Crippen MR) is 93.8 cm³/mol. The second-order valence-corrected chi connectivity index (χ2v) is 7.05. The Kier molecular flexibility index (Phi) is 2.98. The van der Waals surface area contributed by atoms with E-state index in [0.29, 0.717) is 17.9 Å². The molecule has 2 atom stereocenters. The fourth-order valence-electron chi connectivity index (χ4n) is 4.26. The highest BCUT2D eigenvalue weighted by atomic mass is 16.2. The quantitative estimate of drug-likeness (QED) is 0.723. The van der Waals surface area contributed by atoms with Gasteiger partial charge in [-0.2, -0.15) is 0 Å². The van der Waals surface area contributed by atoms with Crippen molar-refractivity contribution in [2.75, 3.05) is 13.1 Å². The number of imidazole rings is 1.